The summed E-state index contributed by atoms with van der Waals surface area (Å²) in [6, 6.07) is 17.9. The van der Waals surface area contributed by atoms with Crippen molar-refractivity contribution in [2.75, 3.05) is 12.4 Å². The number of aromatic nitrogens is 3. The van der Waals surface area contributed by atoms with Gasteiger partial charge in [-0.25, -0.2) is 9.97 Å². The number of pyridine rings is 1. The Labute approximate surface area is 173 Å². The summed E-state index contributed by atoms with van der Waals surface area (Å²) < 4.78 is 6.66. The average Bonchev–Trinajstić information content (AvgIpc) is 2.75. The SMILES string of the molecule is COc1ccc(CC(=O)Nc2ccc(-n3c(C)nc4ncccc4c3=O)cc2)cc1. The van der Waals surface area contributed by atoms with Crippen molar-refractivity contribution in [3.05, 3.63) is 88.6 Å². The summed E-state index contributed by atoms with van der Waals surface area (Å²) in [5.41, 5.74) is 2.46. The van der Waals surface area contributed by atoms with Crippen LogP contribution < -0.4 is 15.6 Å². The van der Waals surface area contributed by atoms with E-state index in [9.17, 15) is 9.59 Å². The molecule has 0 atom stereocenters. The van der Waals surface area contributed by atoms with Gasteiger partial charge in [0.15, 0.2) is 5.65 Å². The van der Waals surface area contributed by atoms with Gasteiger partial charge >= 0.3 is 0 Å². The molecule has 0 saturated carbocycles. The van der Waals surface area contributed by atoms with Crippen molar-refractivity contribution in [2.24, 2.45) is 0 Å². The Morgan fingerprint density at radius 3 is 2.50 bits per heavy atom. The van der Waals surface area contributed by atoms with Crippen LogP contribution in [0, 0.1) is 6.92 Å². The van der Waals surface area contributed by atoms with Crippen LogP contribution >= 0.6 is 0 Å². The van der Waals surface area contributed by atoms with E-state index in [0.29, 0.717) is 28.2 Å². The molecule has 150 valence electrons. The lowest BCUT2D eigenvalue weighted by molar-refractivity contribution is -0.115. The summed E-state index contributed by atoms with van der Waals surface area (Å²) in [6.45, 7) is 1.76. The van der Waals surface area contributed by atoms with Gasteiger partial charge in [-0.1, -0.05) is 12.1 Å². The number of anilines is 1. The Bertz CT molecular complexity index is 1260. The van der Waals surface area contributed by atoms with Crippen LogP contribution in [0.5, 0.6) is 5.75 Å². The number of hydrogen-bond acceptors (Lipinski definition) is 5. The molecule has 0 fully saturated rings. The molecule has 7 nitrogen and oxygen atoms in total. The summed E-state index contributed by atoms with van der Waals surface area (Å²) in [4.78, 5) is 33.8. The second kappa shape index (κ2) is 8.16. The van der Waals surface area contributed by atoms with Gasteiger partial charge in [0, 0.05) is 11.9 Å². The second-order valence-electron chi connectivity index (χ2n) is 6.79. The van der Waals surface area contributed by atoms with Crippen molar-refractivity contribution in [3.8, 4) is 11.4 Å². The highest BCUT2D eigenvalue weighted by molar-refractivity contribution is 5.92. The number of hydrogen-bond donors (Lipinski definition) is 1. The third-order valence-electron chi connectivity index (χ3n) is 4.74. The van der Waals surface area contributed by atoms with Crippen LogP contribution in [0.3, 0.4) is 0 Å². The Morgan fingerprint density at radius 1 is 1.07 bits per heavy atom. The topological polar surface area (TPSA) is 86.1 Å². The Balaban J connectivity index is 1.52. The van der Waals surface area contributed by atoms with Crippen molar-refractivity contribution in [2.45, 2.75) is 13.3 Å². The van der Waals surface area contributed by atoms with E-state index < -0.39 is 0 Å². The third kappa shape index (κ3) is 3.91. The highest BCUT2D eigenvalue weighted by Gasteiger charge is 2.11. The smallest absolute Gasteiger partial charge is 0.267 e. The molecule has 0 radical (unpaired) electrons. The first-order valence-corrected chi connectivity index (χ1v) is 9.43. The maximum Gasteiger partial charge on any atom is 0.267 e. The van der Waals surface area contributed by atoms with Crippen LogP contribution in [0.1, 0.15) is 11.4 Å². The second-order valence-corrected chi connectivity index (χ2v) is 6.79. The van der Waals surface area contributed by atoms with E-state index in [0.717, 1.165) is 11.3 Å². The minimum absolute atomic E-state index is 0.125. The monoisotopic (exact) mass is 400 g/mol. The maximum atomic E-state index is 12.9. The molecular formula is C23H20N4O3. The quantitative estimate of drug-likeness (QED) is 0.556. The summed E-state index contributed by atoms with van der Waals surface area (Å²) in [5.74, 6) is 1.17. The lowest BCUT2D eigenvalue weighted by Gasteiger charge is -2.11. The summed E-state index contributed by atoms with van der Waals surface area (Å²) in [5, 5.41) is 3.33. The molecule has 0 aliphatic carbocycles. The van der Waals surface area contributed by atoms with Crippen LogP contribution in [0.15, 0.2) is 71.7 Å². The predicted octanol–water partition coefficient (Wildman–Crippen LogP) is 3.28. The molecule has 1 N–H and O–H groups in total. The standard InChI is InChI=1S/C23H20N4O3/c1-15-25-22-20(4-3-13-24-22)23(29)27(15)18-9-7-17(8-10-18)26-21(28)14-16-5-11-19(30-2)12-6-16/h3-13H,14H2,1-2H3,(H,26,28). The molecule has 30 heavy (non-hydrogen) atoms. The fraction of sp³-hybridized carbons (Fsp3) is 0.130. The normalized spacial score (nSPS) is 10.7. The molecule has 0 saturated heterocycles. The van der Waals surface area contributed by atoms with E-state index in [4.69, 9.17) is 4.74 Å². The fourth-order valence-corrected chi connectivity index (χ4v) is 3.26. The first-order valence-electron chi connectivity index (χ1n) is 9.43. The molecular weight excluding hydrogens is 380 g/mol. The number of nitrogens with zero attached hydrogens (tertiary/aromatic N) is 3. The summed E-state index contributed by atoms with van der Waals surface area (Å²) >= 11 is 0. The number of ether oxygens (including phenoxy) is 1. The third-order valence-corrected chi connectivity index (χ3v) is 4.74. The first kappa shape index (κ1) is 19.3. The minimum atomic E-state index is -0.179. The summed E-state index contributed by atoms with van der Waals surface area (Å²) in [7, 11) is 1.60. The Kier molecular flexibility index (Phi) is 5.26. The predicted molar refractivity (Wildman–Crippen MR) is 115 cm³/mol. The van der Waals surface area contributed by atoms with Gasteiger partial charge in [-0.15, -0.1) is 0 Å². The van der Waals surface area contributed by atoms with Crippen LogP contribution in [0.25, 0.3) is 16.7 Å². The zero-order valence-electron chi connectivity index (χ0n) is 16.6. The number of aryl methyl sites for hydroxylation is 1. The molecule has 0 aliphatic heterocycles. The van der Waals surface area contributed by atoms with Gasteiger partial charge in [0.1, 0.15) is 11.6 Å². The lowest BCUT2D eigenvalue weighted by atomic mass is 10.1. The largest absolute Gasteiger partial charge is 0.497 e. The number of carbonyl (C=O) groups is 1. The van der Waals surface area contributed by atoms with E-state index >= 15 is 0 Å². The maximum absolute atomic E-state index is 12.9. The zero-order chi connectivity index (χ0) is 21.1. The van der Waals surface area contributed by atoms with Crippen LogP contribution in [0.2, 0.25) is 0 Å². The van der Waals surface area contributed by atoms with Crippen molar-refractivity contribution >= 4 is 22.6 Å². The van der Waals surface area contributed by atoms with E-state index in [1.807, 2.05) is 24.3 Å². The van der Waals surface area contributed by atoms with Crippen molar-refractivity contribution in [3.63, 3.8) is 0 Å². The number of carbonyl (C=O) groups excluding carboxylic acids is 1. The van der Waals surface area contributed by atoms with Crippen LogP contribution in [-0.2, 0) is 11.2 Å². The Morgan fingerprint density at radius 2 is 1.80 bits per heavy atom. The number of amides is 1. The fourth-order valence-electron chi connectivity index (χ4n) is 3.26. The molecule has 0 spiro atoms. The van der Waals surface area contributed by atoms with E-state index in [2.05, 4.69) is 15.3 Å². The van der Waals surface area contributed by atoms with Gasteiger partial charge in [-0.05, 0) is 61.0 Å². The number of fused-ring (bicyclic) bond motifs is 1. The van der Waals surface area contributed by atoms with Gasteiger partial charge in [0.25, 0.3) is 5.56 Å². The average molecular weight is 400 g/mol. The highest BCUT2D eigenvalue weighted by Crippen LogP contribution is 2.16. The van der Waals surface area contributed by atoms with Crippen LogP contribution in [-0.4, -0.2) is 27.6 Å². The molecule has 2 aromatic heterocycles. The van der Waals surface area contributed by atoms with Gasteiger partial charge in [-0.2, -0.15) is 0 Å². The van der Waals surface area contributed by atoms with Gasteiger partial charge < -0.3 is 10.1 Å². The van der Waals surface area contributed by atoms with Gasteiger partial charge in [0.05, 0.1) is 24.6 Å². The molecule has 2 heterocycles. The first-order chi connectivity index (χ1) is 14.5. The molecule has 1 amide bonds. The zero-order valence-corrected chi connectivity index (χ0v) is 16.6. The molecule has 4 rings (SSSR count). The van der Waals surface area contributed by atoms with Gasteiger partial charge in [0.2, 0.25) is 5.91 Å². The summed E-state index contributed by atoms with van der Waals surface area (Å²) in [6.07, 6.45) is 1.87. The number of rotatable bonds is 5. The lowest BCUT2D eigenvalue weighted by Crippen LogP contribution is -2.22. The number of benzene rings is 2. The molecule has 0 bridgehead atoms. The number of nitrogens with one attached hydrogen (secondary N) is 1. The van der Waals surface area contributed by atoms with E-state index in [-0.39, 0.29) is 17.9 Å². The van der Waals surface area contributed by atoms with Crippen LogP contribution in [0.4, 0.5) is 5.69 Å². The molecule has 7 heteroatoms. The van der Waals surface area contributed by atoms with Crippen molar-refractivity contribution < 1.29 is 9.53 Å². The van der Waals surface area contributed by atoms with E-state index in [1.54, 1.807) is 56.6 Å². The van der Waals surface area contributed by atoms with Gasteiger partial charge in [-0.3, -0.25) is 14.2 Å². The van der Waals surface area contributed by atoms with Crippen molar-refractivity contribution in [1.29, 1.82) is 0 Å². The minimum Gasteiger partial charge on any atom is -0.497 e. The molecule has 0 aliphatic rings. The molecule has 4 aromatic rings. The highest BCUT2D eigenvalue weighted by atomic mass is 16.5. The molecule has 0 unspecified atom stereocenters. The van der Waals surface area contributed by atoms with Crippen molar-refractivity contribution in [1.82, 2.24) is 14.5 Å². The van der Waals surface area contributed by atoms with E-state index in [1.165, 1.54) is 4.57 Å². The Hall–Kier alpha value is -4.00. The molecule has 2 aromatic carbocycles. The number of methoxy groups -OCH3 is 1.